The molecule has 0 saturated carbocycles. The molecule has 1 saturated heterocycles. The minimum atomic E-state index is -0.369. The van der Waals surface area contributed by atoms with Crippen molar-refractivity contribution in [3.63, 3.8) is 0 Å². The monoisotopic (exact) mass is 420 g/mol. The molecule has 1 fully saturated rings. The van der Waals surface area contributed by atoms with Gasteiger partial charge in [-0.15, -0.1) is 0 Å². The summed E-state index contributed by atoms with van der Waals surface area (Å²) in [5.41, 5.74) is 3.83. The summed E-state index contributed by atoms with van der Waals surface area (Å²) in [6, 6.07) is 15.0. The van der Waals surface area contributed by atoms with E-state index in [2.05, 4.69) is 5.10 Å². The fourth-order valence-electron chi connectivity index (χ4n) is 3.94. The number of hydrogen-bond donors (Lipinski definition) is 0. The molecule has 0 unspecified atom stereocenters. The minimum Gasteiger partial charge on any atom is -0.337 e. The van der Waals surface area contributed by atoms with E-state index in [1.165, 1.54) is 24.3 Å². The van der Waals surface area contributed by atoms with Crippen molar-refractivity contribution >= 4 is 11.8 Å². The van der Waals surface area contributed by atoms with Crippen molar-refractivity contribution in [1.29, 1.82) is 0 Å². The lowest BCUT2D eigenvalue weighted by Crippen LogP contribution is -2.37. The molecule has 31 heavy (non-hydrogen) atoms. The van der Waals surface area contributed by atoms with Crippen LogP contribution in [-0.4, -0.2) is 57.6 Å². The normalized spacial score (nSPS) is 14.4. The number of aryl methyl sites for hydroxylation is 2. The third-order valence-corrected chi connectivity index (χ3v) is 5.51. The average molecular weight is 420 g/mol. The van der Waals surface area contributed by atoms with Crippen LogP contribution in [-0.2, 0) is 0 Å². The molecule has 3 aromatic rings. The van der Waals surface area contributed by atoms with Crippen molar-refractivity contribution in [2.45, 2.75) is 20.3 Å². The highest BCUT2D eigenvalue weighted by Crippen LogP contribution is 2.17. The number of halogens is 1. The van der Waals surface area contributed by atoms with Gasteiger partial charge in [0.05, 0.1) is 11.4 Å². The highest BCUT2D eigenvalue weighted by molar-refractivity contribution is 5.95. The van der Waals surface area contributed by atoms with Gasteiger partial charge in [0.25, 0.3) is 11.8 Å². The van der Waals surface area contributed by atoms with Crippen LogP contribution in [0.2, 0.25) is 0 Å². The van der Waals surface area contributed by atoms with Crippen molar-refractivity contribution in [3.8, 4) is 5.69 Å². The maximum absolute atomic E-state index is 13.2. The summed E-state index contributed by atoms with van der Waals surface area (Å²) >= 11 is 0. The molecule has 1 aliphatic heterocycles. The van der Waals surface area contributed by atoms with Gasteiger partial charge in [0, 0.05) is 43.0 Å². The maximum atomic E-state index is 13.2. The lowest BCUT2D eigenvalue weighted by atomic mass is 10.1. The van der Waals surface area contributed by atoms with Gasteiger partial charge in [-0.1, -0.05) is 6.07 Å². The summed E-state index contributed by atoms with van der Waals surface area (Å²) in [5, 5.41) is 4.50. The van der Waals surface area contributed by atoms with E-state index in [9.17, 15) is 14.0 Å². The Bertz CT molecular complexity index is 1110. The zero-order valence-corrected chi connectivity index (χ0v) is 17.7. The third kappa shape index (κ3) is 4.50. The Kier molecular flexibility index (Phi) is 5.84. The lowest BCUT2D eigenvalue weighted by Gasteiger charge is -2.22. The van der Waals surface area contributed by atoms with Crippen LogP contribution < -0.4 is 0 Å². The van der Waals surface area contributed by atoms with Crippen molar-refractivity contribution in [2.24, 2.45) is 0 Å². The average Bonchev–Trinajstić information content (AvgIpc) is 2.96. The number of carbonyl (C=O) groups is 2. The Morgan fingerprint density at radius 1 is 0.839 bits per heavy atom. The predicted molar refractivity (Wildman–Crippen MR) is 116 cm³/mol. The standard InChI is InChI=1S/C24H25FN4O2/c1-17-15-18(2)29(26-17)22-6-3-5-20(16-22)24(31)28-12-4-11-27(13-14-28)23(30)19-7-9-21(25)10-8-19/h3,5-10,15-16H,4,11-14H2,1-2H3. The Morgan fingerprint density at radius 2 is 1.48 bits per heavy atom. The molecule has 0 N–H and O–H groups in total. The highest BCUT2D eigenvalue weighted by Gasteiger charge is 2.24. The van der Waals surface area contributed by atoms with E-state index >= 15 is 0 Å². The fraction of sp³-hybridized carbons (Fsp3) is 0.292. The molecular formula is C24H25FN4O2. The minimum absolute atomic E-state index is 0.0561. The second-order valence-corrected chi connectivity index (χ2v) is 7.83. The topological polar surface area (TPSA) is 58.4 Å². The van der Waals surface area contributed by atoms with E-state index in [0.29, 0.717) is 43.7 Å². The SMILES string of the molecule is Cc1cc(C)n(-c2cccc(C(=O)N3CCCN(C(=O)c4ccc(F)cc4)CC3)c2)n1. The molecule has 1 aliphatic rings. The van der Waals surface area contributed by atoms with Crippen LogP contribution in [0, 0.1) is 19.7 Å². The smallest absolute Gasteiger partial charge is 0.253 e. The van der Waals surface area contributed by atoms with Gasteiger partial charge in [-0.2, -0.15) is 5.10 Å². The molecule has 6 nitrogen and oxygen atoms in total. The Hall–Kier alpha value is -3.48. The van der Waals surface area contributed by atoms with Gasteiger partial charge in [0.15, 0.2) is 0 Å². The number of benzene rings is 2. The fourth-order valence-corrected chi connectivity index (χ4v) is 3.94. The first kappa shape index (κ1) is 20.8. The first-order chi connectivity index (χ1) is 14.9. The summed E-state index contributed by atoms with van der Waals surface area (Å²) in [5.74, 6) is -0.563. The van der Waals surface area contributed by atoms with Crippen molar-refractivity contribution in [3.05, 3.63) is 82.9 Å². The second kappa shape index (κ2) is 8.71. The van der Waals surface area contributed by atoms with Gasteiger partial charge in [0.1, 0.15) is 5.82 Å². The molecule has 4 rings (SSSR count). The summed E-state index contributed by atoms with van der Waals surface area (Å²) < 4.78 is 15.0. The van der Waals surface area contributed by atoms with Gasteiger partial charge in [-0.25, -0.2) is 9.07 Å². The van der Waals surface area contributed by atoms with Gasteiger partial charge < -0.3 is 9.80 Å². The first-order valence-electron chi connectivity index (χ1n) is 10.4. The van der Waals surface area contributed by atoms with Crippen molar-refractivity contribution in [2.75, 3.05) is 26.2 Å². The molecular weight excluding hydrogens is 395 g/mol. The number of carbonyl (C=O) groups excluding carboxylic acids is 2. The third-order valence-electron chi connectivity index (χ3n) is 5.51. The number of hydrogen-bond acceptors (Lipinski definition) is 3. The molecule has 160 valence electrons. The largest absolute Gasteiger partial charge is 0.337 e. The number of aromatic nitrogens is 2. The van der Waals surface area contributed by atoms with E-state index in [4.69, 9.17) is 0 Å². The Labute approximate surface area is 180 Å². The molecule has 0 bridgehead atoms. The molecule has 1 aromatic heterocycles. The van der Waals surface area contributed by atoms with Gasteiger partial charge >= 0.3 is 0 Å². The molecule has 2 aromatic carbocycles. The first-order valence-corrected chi connectivity index (χ1v) is 10.4. The van der Waals surface area contributed by atoms with E-state index in [1.807, 2.05) is 48.9 Å². The Morgan fingerprint density at radius 3 is 2.10 bits per heavy atom. The Balaban J connectivity index is 1.46. The zero-order chi connectivity index (χ0) is 22.0. The van der Waals surface area contributed by atoms with Crippen molar-refractivity contribution < 1.29 is 14.0 Å². The predicted octanol–water partition coefficient (Wildman–Crippen LogP) is 3.62. The highest BCUT2D eigenvalue weighted by atomic mass is 19.1. The van der Waals surface area contributed by atoms with Crippen LogP contribution >= 0.6 is 0 Å². The van der Waals surface area contributed by atoms with E-state index in [-0.39, 0.29) is 17.6 Å². The number of nitrogens with zero attached hydrogens (tertiary/aromatic N) is 4. The van der Waals surface area contributed by atoms with Gasteiger partial charge in [-0.3, -0.25) is 9.59 Å². The molecule has 0 aliphatic carbocycles. The quantitative estimate of drug-likeness (QED) is 0.650. The summed E-state index contributed by atoms with van der Waals surface area (Å²) in [7, 11) is 0. The maximum Gasteiger partial charge on any atom is 0.253 e. The van der Waals surface area contributed by atoms with Crippen molar-refractivity contribution in [1.82, 2.24) is 19.6 Å². The lowest BCUT2D eigenvalue weighted by molar-refractivity contribution is 0.0718. The second-order valence-electron chi connectivity index (χ2n) is 7.83. The number of amides is 2. The summed E-state index contributed by atoms with van der Waals surface area (Å²) in [6.07, 6.45) is 0.690. The van der Waals surface area contributed by atoms with Gasteiger partial charge in [0.2, 0.25) is 0 Å². The molecule has 2 heterocycles. The van der Waals surface area contributed by atoms with Crippen LogP contribution in [0.15, 0.2) is 54.6 Å². The van der Waals surface area contributed by atoms with Crippen LogP contribution in [0.3, 0.4) is 0 Å². The van der Waals surface area contributed by atoms with Crippen LogP contribution in [0.25, 0.3) is 5.69 Å². The van der Waals surface area contributed by atoms with Crippen LogP contribution in [0.5, 0.6) is 0 Å². The summed E-state index contributed by atoms with van der Waals surface area (Å²) in [6.45, 7) is 5.96. The summed E-state index contributed by atoms with van der Waals surface area (Å²) in [4.78, 5) is 29.4. The van der Waals surface area contributed by atoms with Gasteiger partial charge in [-0.05, 0) is 68.8 Å². The molecule has 2 amide bonds. The van der Waals surface area contributed by atoms with E-state index < -0.39 is 0 Å². The zero-order valence-electron chi connectivity index (χ0n) is 17.7. The van der Waals surface area contributed by atoms with Crippen LogP contribution in [0.4, 0.5) is 4.39 Å². The van der Waals surface area contributed by atoms with E-state index in [1.54, 1.807) is 9.80 Å². The van der Waals surface area contributed by atoms with E-state index in [0.717, 1.165) is 17.1 Å². The number of rotatable bonds is 3. The molecule has 0 spiro atoms. The molecule has 7 heteroatoms. The molecule has 0 atom stereocenters. The van der Waals surface area contributed by atoms with Crippen LogP contribution in [0.1, 0.15) is 38.5 Å². The molecule has 0 radical (unpaired) electrons.